The van der Waals surface area contributed by atoms with Crippen LogP contribution in [0.2, 0.25) is 0 Å². The number of ether oxygens (including phenoxy) is 1. The summed E-state index contributed by atoms with van der Waals surface area (Å²) in [5.74, 6) is 0.759. The lowest BCUT2D eigenvalue weighted by Crippen LogP contribution is -2.30. The van der Waals surface area contributed by atoms with Crippen LogP contribution in [0, 0.1) is 11.3 Å². The molecular formula is C26H25N7O2. The molecule has 2 aliphatic rings. The fourth-order valence-electron chi connectivity index (χ4n) is 4.39. The van der Waals surface area contributed by atoms with Gasteiger partial charge in [0, 0.05) is 29.2 Å². The molecule has 2 fully saturated rings. The predicted molar refractivity (Wildman–Crippen MR) is 131 cm³/mol. The minimum atomic E-state index is -0.179. The van der Waals surface area contributed by atoms with Crippen LogP contribution in [0.5, 0.6) is 5.75 Å². The van der Waals surface area contributed by atoms with E-state index in [4.69, 9.17) is 4.74 Å². The molecule has 35 heavy (non-hydrogen) atoms. The number of benzene rings is 2. The van der Waals surface area contributed by atoms with Gasteiger partial charge in [-0.2, -0.15) is 10.4 Å². The van der Waals surface area contributed by atoms with E-state index in [0.717, 1.165) is 59.3 Å². The molecule has 0 spiro atoms. The van der Waals surface area contributed by atoms with Crippen molar-refractivity contribution in [1.29, 1.82) is 5.26 Å². The van der Waals surface area contributed by atoms with Crippen molar-refractivity contribution in [2.24, 2.45) is 0 Å². The fourth-order valence-corrected chi connectivity index (χ4v) is 4.39. The first kappa shape index (κ1) is 21.2. The average Bonchev–Trinajstić information content (AvgIpc) is 3.79. The van der Waals surface area contributed by atoms with Gasteiger partial charge >= 0.3 is 6.03 Å². The Morgan fingerprint density at radius 1 is 1.14 bits per heavy atom. The molecule has 2 N–H and O–H groups in total. The van der Waals surface area contributed by atoms with Gasteiger partial charge in [-0.05, 0) is 55.5 Å². The van der Waals surface area contributed by atoms with E-state index in [1.54, 1.807) is 11.0 Å². The van der Waals surface area contributed by atoms with Crippen LogP contribution in [0.3, 0.4) is 0 Å². The molecule has 2 aromatic heterocycles. The van der Waals surface area contributed by atoms with Crippen molar-refractivity contribution in [3.63, 3.8) is 0 Å². The number of nitrogens with zero attached hydrogens (tertiary/aromatic N) is 5. The van der Waals surface area contributed by atoms with Crippen LogP contribution in [0.4, 0.5) is 10.5 Å². The average molecular weight is 468 g/mol. The van der Waals surface area contributed by atoms with Gasteiger partial charge in [0.15, 0.2) is 0 Å². The molecule has 2 aromatic carbocycles. The van der Waals surface area contributed by atoms with Crippen molar-refractivity contribution in [1.82, 2.24) is 24.6 Å². The second-order valence-electron chi connectivity index (χ2n) is 9.07. The van der Waals surface area contributed by atoms with E-state index in [9.17, 15) is 10.1 Å². The molecule has 2 saturated carbocycles. The summed E-state index contributed by atoms with van der Waals surface area (Å²) in [6.07, 6.45) is 7.43. The molecule has 9 nitrogen and oxygen atoms in total. The highest BCUT2D eigenvalue weighted by Gasteiger charge is 2.31. The second-order valence-corrected chi connectivity index (χ2v) is 9.07. The maximum Gasteiger partial charge on any atom is 0.319 e. The van der Waals surface area contributed by atoms with Gasteiger partial charge in [-0.15, -0.1) is 0 Å². The van der Waals surface area contributed by atoms with E-state index in [0.29, 0.717) is 30.8 Å². The summed E-state index contributed by atoms with van der Waals surface area (Å²) >= 11 is 0. The molecule has 0 unspecified atom stereocenters. The Morgan fingerprint density at radius 2 is 1.97 bits per heavy atom. The summed E-state index contributed by atoms with van der Waals surface area (Å²) in [5, 5.41) is 20.9. The third kappa shape index (κ3) is 4.43. The fraction of sp³-hybridized carbons (Fsp3) is 0.308. The number of fused-ring (bicyclic) bond motifs is 1. The van der Waals surface area contributed by atoms with E-state index >= 15 is 0 Å². The number of carbonyl (C=O) groups is 1. The second kappa shape index (κ2) is 8.80. The minimum absolute atomic E-state index is 0.179. The van der Waals surface area contributed by atoms with Gasteiger partial charge in [0.1, 0.15) is 31.1 Å². The van der Waals surface area contributed by atoms with Gasteiger partial charge < -0.3 is 19.9 Å². The number of nitrogens with one attached hydrogen (secondary N) is 2. The smallest absolute Gasteiger partial charge is 0.319 e. The number of nitriles is 1. The summed E-state index contributed by atoms with van der Waals surface area (Å²) in [6, 6.07) is 16.5. The highest BCUT2D eigenvalue weighted by molar-refractivity contribution is 5.96. The van der Waals surface area contributed by atoms with Gasteiger partial charge in [-0.25, -0.2) is 14.5 Å². The highest BCUT2D eigenvalue weighted by atomic mass is 16.5. The minimum Gasteiger partial charge on any atom is -0.492 e. The Bertz CT molecular complexity index is 1410. The van der Waals surface area contributed by atoms with Crippen LogP contribution in [0.15, 0.2) is 55.1 Å². The van der Waals surface area contributed by atoms with Crippen molar-refractivity contribution in [2.75, 3.05) is 11.9 Å². The first-order valence-electron chi connectivity index (χ1n) is 11.9. The third-order valence-electron chi connectivity index (χ3n) is 6.38. The SMILES string of the molecule is N#Cc1c(-c2ccc(NC(=O)NC3CC3)cc2)n(C2CC2)c2cc(OCCn3cncn3)ccc12. The zero-order valence-electron chi connectivity index (χ0n) is 19.1. The Balaban J connectivity index is 1.29. The molecule has 0 bridgehead atoms. The number of hydrogen-bond acceptors (Lipinski definition) is 5. The van der Waals surface area contributed by atoms with Crippen LogP contribution in [-0.2, 0) is 6.54 Å². The standard InChI is InChI=1S/C26H25N7O2/c27-14-23-22-10-9-21(35-12-11-32-16-28-15-29-32)13-24(22)33(20-7-8-20)25(23)17-1-3-18(4-2-17)30-26(34)31-19-5-6-19/h1-4,9-10,13,15-16,19-20H,5-8,11-12H2,(H2,30,31,34). The van der Waals surface area contributed by atoms with Gasteiger partial charge in [-0.1, -0.05) is 12.1 Å². The third-order valence-corrected chi connectivity index (χ3v) is 6.38. The van der Waals surface area contributed by atoms with Gasteiger partial charge in [0.05, 0.1) is 23.3 Å². The number of carbonyl (C=O) groups excluding carboxylic acids is 1. The van der Waals surface area contributed by atoms with Crippen molar-refractivity contribution >= 4 is 22.6 Å². The van der Waals surface area contributed by atoms with Crippen LogP contribution in [0.1, 0.15) is 37.3 Å². The largest absolute Gasteiger partial charge is 0.492 e. The molecular weight excluding hydrogens is 442 g/mol. The van der Waals surface area contributed by atoms with Gasteiger partial charge in [-0.3, -0.25) is 0 Å². The normalized spacial score (nSPS) is 15.1. The Labute approximate surface area is 202 Å². The lowest BCUT2D eigenvalue weighted by atomic mass is 10.1. The molecule has 2 aliphatic carbocycles. The summed E-state index contributed by atoms with van der Waals surface area (Å²) in [4.78, 5) is 16.0. The molecule has 0 radical (unpaired) electrons. The van der Waals surface area contributed by atoms with Crippen molar-refractivity contribution in [2.45, 2.75) is 44.3 Å². The zero-order valence-corrected chi connectivity index (χ0v) is 19.1. The van der Waals surface area contributed by atoms with E-state index in [-0.39, 0.29) is 6.03 Å². The number of rotatable bonds is 8. The van der Waals surface area contributed by atoms with Crippen molar-refractivity contribution < 1.29 is 9.53 Å². The molecule has 0 aliphatic heterocycles. The van der Waals surface area contributed by atoms with E-state index < -0.39 is 0 Å². The number of urea groups is 1. The summed E-state index contributed by atoms with van der Waals surface area (Å²) in [6.45, 7) is 1.08. The Kier molecular flexibility index (Phi) is 5.34. The van der Waals surface area contributed by atoms with E-state index in [2.05, 4.69) is 31.4 Å². The molecule has 2 amide bonds. The lowest BCUT2D eigenvalue weighted by Gasteiger charge is -2.12. The number of anilines is 1. The summed E-state index contributed by atoms with van der Waals surface area (Å²) in [7, 11) is 0. The zero-order chi connectivity index (χ0) is 23.8. The molecule has 176 valence electrons. The number of amides is 2. The van der Waals surface area contributed by atoms with Crippen molar-refractivity contribution in [3.8, 4) is 23.1 Å². The summed E-state index contributed by atoms with van der Waals surface area (Å²) < 4.78 is 9.99. The molecule has 0 atom stereocenters. The van der Waals surface area contributed by atoms with Crippen LogP contribution in [0.25, 0.3) is 22.2 Å². The van der Waals surface area contributed by atoms with Gasteiger partial charge in [0.2, 0.25) is 0 Å². The first-order valence-corrected chi connectivity index (χ1v) is 11.9. The van der Waals surface area contributed by atoms with E-state index in [1.165, 1.54) is 6.33 Å². The quantitative estimate of drug-likeness (QED) is 0.397. The number of hydrogen-bond donors (Lipinski definition) is 2. The van der Waals surface area contributed by atoms with Crippen LogP contribution in [-0.4, -0.2) is 38.0 Å². The molecule has 9 heteroatoms. The highest BCUT2D eigenvalue weighted by Crippen LogP contribution is 2.45. The van der Waals surface area contributed by atoms with Crippen LogP contribution < -0.4 is 15.4 Å². The molecule has 4 aromatic rings. The molecule has 0 saturated heterocycles. The van der Waals surface area contributed by atoms with Gasteiger partial charge in [0.25, 0.3) is 0 Å². The van der Waals surface area contributed by atoms with E-state index in [1.807, 2.05) is 42.5 Å². The van der Waals surface area contributed by atoms with Crippen molar-refractivity contribution in [3.05, 3.63) is 60.7 Å². The maximum absolute atomic E-state index is 12.1. The number of aromatic nitrogens is 4. The topological polar surface area (TPSA) is 110 Å². The molecule has 2 heterocycles. The monoisotopic (exact) mass is 467 g/mol. The Morgan fingerprint density at radius 3 is 2.66 bits per heavy atom. The summed E-state index contributed by atoms with van der Waals surface area (Å²) in [5.41, 5.74) is 4.25. The molecule has 6 rings (SSSR count). The lowest BCUT2D eigenvalue weighted by molar-refractivity contribution is 0.251. The maximum atomic E-state index is 12.1. The predicted octanol–water partition coefficient (Wildman–Crippen LogP) is 4.47. The van der Waals surface area contributed by atoms with Crippen LogP contribution >= 0.6 is 0 Å². The Hall–Kier alpha value is -4.32. The first-order chi connectivity index (χ1) is 17.2.